The topological polar surface area (TPSA) is 76.6 Å². The van der Waals surface area contributed by atoms with Gasteiger partial charge in [-0.1, -0.05) is 15.9 Å². The number of benzene rings is 1. The summed E-state index contributed by atoms with van der Waals surface area (Å²) in [6, 6.07) is 3.83. The molecule has 116 valence electrons. The third kappa shape index (κ3) is 2.76. The van der Waals surface area contributed by atoms with Gasteiger partial charge in [-0.15, -0.1) is 0 Å². The highest BCUT2D eigenvalue weighted by Crippen LogP contribution is 2.27. The van der Waals surface area contributed by atoms with Crippen LogP contribution >= 0.6 is 15.9 Å². The zero-order valence-electron chi connectivity index (χ0n) is 12.7. The van der Waals surface area contributed by atoms with Gasteiger partial charge in [0.25, 0.3) is 5.56 Å². The lowest BCUT2D eigenvalue weighted by Crippen LogP contribution is -2.38. The van der Waals surface area contributed by atoms with Crippen LogP contribution in [0, 0.1) is 13.8 Å². The lowest BCUT2D eigenvalue weighted by Gasteiger charge is -2.08. The number of aryl methyl sites for hydroxylation is 2. The molecule has 0 radical (unpaired) electrons. The molecular weight excluding hydrogens is 350 g/mol. The highest BCUT2D eigenvalue weighted by atomic mass is 79.9. The van der Waals surface area contributed by atoms with Crippen molar-refractivity contribution in [2.45, 2.75) is 13.8 Å². The molecule has 0 unspecified atom stereocenters. The Balaban J connectivity index is 2.62. The lowest BCUT2D eigenvalue weighted by molar-refractivity contribution is 0.410. The van der Waals surface area contributed by atoms with Gasteiger partial charge in [-0.25, -0.2) is 4.79 Å². The van der Waals surface area contributed by atoms with Gasteiger partial charge in [0.2, 0.25) is 5.88 Å². The van der Waals surface area contributed by atoms with Gasteiger partial charge in [-0.05, 0) is 37.1 Å². The number of aromatic hydroxyl groups is 1. The summed E-state index contributed by atoms with van der Waals surface area (Å²) in [5.41, 5.74) is 1.39. The fourth-order valence-electron chi connectivity index (χ4n) is 2.21. The van der Waals surface area contributed by atoms with E-state index in [2.05, 4.69) is 20.9 Å². The fourth-order valence-corrected chi connectivity index (χ4v) is 2.89. The van der Waals surface area contributed by atoms with Crippen LogP contribution in [0.1, 0.15) is 16.7 Å². The summed E-state index contributed by atoms with van der Waals surface area (Å²) < 4.78 is 2.88. The molecule has 0 fully saturated rings. The van der Waals surface area contributed by atoms with Crippen molar-refractivity contribution < 1.29 is 5.11 Å². The molecule has 2 rings (SSSR count). The second kappa shape index (κ2) is 5.92. The molecule has 2 aromatic rings. The Morgan fingerprint density at radius 3 is 2.23 bits per heavy atom. The third-order valence-electron chi connectivity index (χ3n) is 3.45. The molecule has 0 saturated heterocycles. The van der Waals surface area contributed by atoms with E-state index >= 15 is 0 Å². The van der Waals surface area contributed by atoms with Crippen LogP contribution in [0.3, 0.4) is 0 Å². The second-order valence-corrected chi connectivity index (χ2v) is 6.01. The predicted octanol–water partition coefficient (Wildman–Crippen LogP) is 1.92. The van der Waals surface area contributed by atoms with Gasteiger partial charge in [-0.3, -0.25) is 18.9 Å². The molecule has 6 nitrogen and oxygen atoms in total. The summed E-state index contributed by atoms with van der Waals surface area (Å²) in [4.78, 5) is 28.1. The van der Waals surface area contributed by atoms with Crippen molar-refractivity contribution in [1.29, 1.82) is 0 Å². The smallest absolute Gasteiger partial charge is 0.333 e. The third-order valence-corrected chi connectivity index (χ3v) is 3.90. The molecule has 0 aliphatic carbocycles. The standard InChI is InChI=1S/C15H16BrN3O3/c1-8-5-10(16)6-9(2)12(8)17-7-11-13(20)18(3)15(22)19(4)14(11)21/h5-7,20H,1-4H3. The number of rotatable bonds is 2. The molecule has 0 aliphatic rings. The fraction of sp³-hybridized carbons (Fsp3) is 0.267. The van der Waals surface area contributed by atoms with E-state index in [-0.39, 0.29) is 5.56 Å². The van der Waals surface area contributed by atoms with Crippen molar-refractivity contribution in [3.63, 3.8) is 0 Å². The minimum atomic E-state index is -0.587. The molecule has 0 aliphatic heterocycles. The minimum absolute atomic E-state index is 0.0219. The molecular formula is C15H16BrN3O3. The van der Waals surface area contributed by atoms with E-state index in [1.54, 1.807) is 0 Å². The molecule has 1 heterocycles. The maximum absolute atomic E-state index is 12.1. The Morgan fingerprint density at radius 1 is 1.14 bits per heavy atom. The highest BCUT2D eigenvalue weighted by molar-refractivity contribution is 9.10. The number of aliphatic imine (C=N–C) groups is 1. The minimum Gasteiger partial charge on any atom is -0.494 e. The van der Waals surface area contributed by atoms with Gasteiger partial charge in [0, 0.05) is 24.8 Å². The maximum Gasteiger partial charge on any atom is 0.333 e. The summed E-state index contributed by atoms with van der Waals surface area (Å²) in [5.74, 6) is -0.399. The monoisotopic (exact) mass is 365 g/mol. The molecule has 0 bridgehead atoms. The number of hydrogen-bond acceptors (Lipinski definition) is 4. The molecule has 0 atom stereocenters. The number of nitrogens with zero attached hydrogens (tertiary/aromatic N) is 3. The van der Waals surface area contributed by atoms with Crippen LogP contribution in [0.15, 0.2) is 31.2 Å². The Morgan fingerprint density at radius 2 is 1.68 bits per heavy atom. The summed E-state index contributed by atoms with van der Waals surface area (Å²) >= 11 is 3.41. The molecule has 22 heavy (non-hydrogen) atoms. The highest BCUT2D eigenvalue weighted by Gasteiger charge is 2.13. The number of halogens is 1. The SMILES string of the molecule is Cc1cc(Br)cc(C)c1N=Cc1c(O)n(C)c(=O)n(C)c1=O. The van der Waals surface area contributed by atoms with Crippen LogP contribution in [-0.2, 0) is 14.1 Å². The largest absolute Gasteiger partial charge is 0.494 e. The van der Waals surface area contributed by atoms with Gasteiger partial charge >= 0.3 is 5.69 Å². The van der Waals surface area contributed by atoms with Gasteiger partial charge in [0.15, 0.2) is 0 Å². The van der Waals surface area contributed by atoms with E-state index in [0.29, 0.717) is 0 Å². The molecule has 7 heteroatoms. The van der Waals surface area contributed by atoms with Crippen molar-refractivity contribution >= 4 is 27.8 Å². The Labute approximate surface area is 135 Å². The van der Waals surface area contributed by atoms with Crippen molar-refractivity contribution in [3.05, 3.63) is 54.1 Å². The zero-order chi connectivity index (χ0) is 16.6. The molecule has 0 saturated carbocycles. The quantitative estimate of drug-likeness (QED) is 0.825. The van der Waals surface area contributed by atoms with Gasteiger partial charge in [0.05, 0.1) is 5.69 Å². The molecule has 1 aromatic carbocycles. The van der Waals surface area contributed by atoms with E-state index < -0.39 is 17.1 Å². The van der Waals surface area contributed by atoms with E-state index in [1.165, 1.54) is 20.3 Å². The predicted molar refractivity (Wildman–Crippen MR) is 89.5 cm³/mol. The average molecular weight is 366 g/mol. The first-order chi connectivity index (χ1) is 10.2. The van der Waals surface area contributed by atoms with Crippen LogP contribution in [-0.4, -0.2) is 20.5 Å². The summed E-state index contributed by atoms with van der Waals surface area (Å²) in [6.45, 7) is 3.81. The second-order valence-electron chi connectivity index (χ2n) is 5.09. The average Bonchev–Trinajstić information content (AvgIpc) is 2.45. The normalized spacial score (nSPS) is 11.3. The van der Waals surface area contributed by atoms with Crippen LogP contribution in [0.5, 0.6) is 5.88 Å². The summed E-state index contributed by atoms with van der Waals surface area (Å²) in [5, 5.41) is 10.00. The van der Waals surface area contributed by atoms with Crippen LogP contribution in [0.4, 0.5) is 5.69 Å². The number of aromatic nitrogens is 2. The first-order valence-electron chi connectivity index (χ1n) is 6.53. The Hall–Kier alpha value is -2.15. The molecule has 0 spiro atoms. The van der Waals surface area contributed by atoms with E-state index in [1.807, 2.05) is 26.0 Å². The summed E-state index contributed by atoms with van der Waals surface area (Å²) in [7, 11) is 2.75. The molecule has 1 aromatic heterocycles. The first-order valence-corrected chi connectivity index (χ1v) is 7.33. The Kier molecular flexibility index (Phi) is 4.37. The van der Waals surface area contributed by atoms with E-state index in [0.717, 1.165) is 30.4 Å². The van der Waals surface area contributed by atoms with Crippen molar-refractivity contribution in [2.75, 3.05) is 0 Å². The molecule has 0 amide bonds. The first kappa shape index (κ1) is 16.2. The number of hydrogen-bond donors (Lipinski definition) is 1. The van der Waals surface area contributed by atoms with E-state index in [4.69, 9.17) is 0 Å². The van der Waals surface area contributed by atoms with Gasteiger partial charge in [0.1, 0.15) is 5.56 Å². The zero-order valence-corrected chi connectivity index (χ0v) is 14.3. The van der Waals surface area contributed by atoms with Crippen molar-refractivity contribution in [2.24, 2.45) is 19.1 Å². The van der Waals surface area contributed by atoms with E-state index in [9.17, 15) is 14.7 Å². The van der Waals surface area contributed by atoms with Crippen molar-refractivity contribution in [1.82, 2.24) is 9.13 Å². The summed E-state index contributed by atoms with van der Waals surface area (Å²) in [6.07, 6.45) is 1.29. The van der Waals surface area contributed by atoms with Crippen LogP contribution in [0.2, 0.25) is 0 Å². The Bertz CT molecular complexity index is 871. The maximum atomic E-state index is 12.1. The van der Waals surface area contributed by atoms with Gasteiger partial charge in [-0.2, -0.15) is 0 Å². The van der Waals surface area contributed by atoms with Crippen LogP contribution in [0.25, 0.3) is 0 Å². The van der Waals surface area contributed by atoms with Crippen molar-refractivity contribution in [3.8, 4) is 5.88 Å². The van der Waals surface area contributed by atoms with Gasteiger partial charge < -0.3 is 5.11 Å². The lowest BCUT2D eigenvalue weighted by atomic mass is 10.1. The molecule has 1 N–H and O–H groups in total. The van der Waals surface area contributed by atoms with Crippen LogP contribution < -0.4 is 11.2 Å².